The lowest BCUT2D eigenvalue weighted by Crippen LogP contribution is -2.27. The van der Waals surface area contributed by atoms with E-state index in [-0.39, 0.29) is 17.2 Å². The summed E-state index contributed by atoms with van der Waals surface area (Å²) in [7, 11) is 3.43. The van der Waals surface area contributed by atoms with Crippen molar-refractivity contribution in [1.29, 1.82) is 0 Å². The Balaban J connectivity index is 2.26. The van der Waals surface area contributed by atoms with Crippen LogP contribution in [0.3, 0.4) is 0 Å². The van der Waals surface area contributed by atoms with Gasteiger partial charge in [-0.15, -0.1) is 0 Å². The highest BCUT2D eigenvalue weighted by atomic mass is 32.2. The number of nitro groups is 1. The average molecular weight is 294 g/mol. The molecule has 0 spiro atoms. The summed E-state index contributed by atoms with van der Waals surface area (Å²) in [6.07, 6.45) is 0. The standard InChI is InChI=1S/C12H14N4O3S/c1-15(2)9-4-3-8(7-10(9)16(18)19)11(17)14-12-13-5-6-20-12/h3-4,7H,5-6H2,1-2H3,(H,13,14,17). The number of anilines is 1. The van der Waals surface area contributed by atoms with E-state index >= 15 is 0 Å². The summed E-state index contributed by atoms with van der Waals surface area (Å²) in [5, 5.41) is 14.3. The Morgan fingerprint density at radius 3 is 2.80 bits per heavy atom. The molecule has 0 bridgehead atoms. The average Bonchev–Trinajstić information content (AvgIpc) is 2.90. The van der Waals surface area contributed by atoms with Crippen LogP contribution in [-0.2, 0) is 0 Å². The molecule has 106 valence electrons. The highest BCUT2D eigenvalue weighted by Gasteiger charge is 2.20. The second-order valence-electron chi connectivity index (χ2n) is 4.34. The van der Waals surface area contributed by atoms with Crippen molar-refractivity contribution in [3.63, 3.8) is 0 Å². The van der Waals surface area contributed by atoms with Gasteiger partial charge in [0.15, 0.2) is 5.17 Å². The summed E-state index contributed by atoms with van der Waals surface area (Å²) in [6.45, 7) is 0.681. The summed E-state index contributed by atoms with van der Waals surface area (Å²) in [6, 6.07) is 4.42. The molecule has 0 unspecified atom stereocenters. The van der Waals surface area contributed by atoms with E-state index in [0.717, 1.165) is 5.75 Å². The summed E-state index contributed by atoms with van der Waals surface area (Å²) in [4.78, 5) is 28.3. The number of carbonyl (C=O) groups excluding carboxylic acids is 1. The molecule has 20 heavy (non-hydrogen) atoms. The van der Waals surface area contributed by atoms with E-state index in [1.165, 1.54) is 17.8 Å². The van der Waals surface area contributed by atoms with Crippen LogP contribution < -0.4 is 10.2 Å². The van der Waals surface area contributed by atoms with Crippen LogP contribution in [0.2, 0.25) is 0 Å². The fraction of sp³-hybridized carbons (Fsp3) is 0.333. The monoisotopic (exact) mass is 294 g/mol. The van der Waals surface area contributed by atoms with Gasteiger partial charge in [-0.2, -0.15) is 0 Å². The fourth-order valence-corrected chi connectivity index (χ4v) is 2.49. The molecule has 0 aliphatic carbocycles. The third-order valence-electron chi connectivity index (χ3n) is 2.72. The number of benzene rings is 1. The number of amidine groups is 1. The first-order chi connectivity index (χ1) is 9.49. The number of aliphatic imine (C=N–C) groups is 1. The molecular formula is C12H14N4O3S. The number of thioether (sulfide) groups is 1. The van der Waals surface area contributed by atoms with Crippen LogP contribution >= 0.6 is 11.8 Å². The van der Waals surface area contributed by atoms with Crippen molar-refractivity contribution in [1.82, 2.24) is 5.32 Å². The molecule has 1 aromatic carbocycles. The zero-order chi connectivity index (χ0) is 14.7. The van der Waals surface area contributed by atoms with Crippen LogP contribution in [0, 0.1) is 10.1 Å². The van der Waals surface area contributed by atoms with Gasteiger partial charge in [0.25, 0.3) is 11.6 Å². The predicted molar refractivity (Wildman–Crippen MR) is 79.6 cm³/mol. The van der Waals surface area contributed by atoms with Gasteiger partial charge in [0.05, 0.1) is 11.5 Å². The molecule has 0 atom stereocenters. The molecule has 2 rings (SSSR count). The van der Waals surface area contributed by atoms with Crippen molar-refractivity contribution in [3.05, 3.63) is 33.9 Å². The molecular weight excluding hydrogens is 280 g/mol. The third kappa shape index (κ3) is 3.08. The summed E-state index contributed by atoms with van der Waals surface area (Å²) >= 11 is 1.46. The lowest BCUT2D eigenvalue weighted by Gasteiger charge is -2.13. The van der Waals surface area contributed by atoms with Gasteiger partial charge in [-0.1, -0.05) is 11.8 Å². The summed E-state index contributed by atoms with van der Waals surface area (Å²) in [5.74, 6) is 0.460. The summed E-state index contributed by atoms with van der Waals surface area (Å²) in [5.41, 5.74) is 0.611. The van der Waals surface area contributed by atoms with E-state index in [4.69, 9.17) is 0 Å². The van der Waals surface area contributed by atoms with Gasteiger partial charge >= 0.3 is 0 Å². The van der Waals surface area contributed by atoms with Gasteiger partial charge in [0, 0.05) is 31.5 Å². The molecule has 0 saturated heterocycles. The number of carbonyl (C=O) groups is 1. The first-order valence-corrected chi connectivity index (χ1v) is 6.92. The van der Waals surface area contributed by atoms with Crippen LogP contribution in [0.5, 0.6) is 0 Å². The van der Waals surface area contributed by atoms with Crippen LogP contribution in [-0.4, -0.2) is 42.4 Å². The largest absolute Gasteiger partial charge is 0.372 e. The van der Waals surface area contributed by atoms with Crippen LogP contribution in [0.4, 0.5) is 11.4 Å². The van der Waals surface area contributed by atoms with E-state index in [1.54, 1.807) is 31.1 Å². The van der Waals surface area contributed by atoms with E-state index < -0.39 is 4.92 Å². The molecule has 1 N–H and O–H groups in total. The van der Waals surface area contributed by atoms with E-state index in [1.807, 2.05) is 0 Å². The van der Waals surface area contributed by atoms with Crippen molar-refractivity contribution in [2.45, 2.75) is 0 Å². The minimum Gasteiger partial charge on any atom is -0.372 e. The SMILES string of the molecule is CN(C)c1ccc(C(=O)NC2=NCCS2)cc1[N+](=O)[O-]. The van der Waals surface area contributed by atoms with Gasteiger partial charge in [0.2, 0.25) is 0 Å². The fourth-order valence-electron chi connectivity index (χ4n) is 1.77. The molecule has 0 radical (unpaired) electrons. The zero-order valence-electron chi connectivity index (χ0n) is 11.1. The van der Waals surface area contributed by atoms with Crippen LogP contribution in [0.15, 0.2) is 23.2 Å². The van der Waals surface area contributed by atoms with Crippen molar-refractivity contribution in [2.75, 3.05) is 31.3 Å². The Labute approximate surface area is 120 Å². The highest BCUT2D eigenvalue weighted by molar-refractivity contribution is 8.14. The smallest absolute Gasteiger partial charge is 0.293 e. The second-order valence-corrected chi connectivity index (χ2v) is 5.43. The van der Waals surface area contributed by atoms with Crippen molar-refractivity contribution >= 4 is 34.2 Å². The molecule has 1 aliphatic heterocycles. The quantitative estimate of drug-likeness (QED) is 0.674. The normalized spacial score (nSPS) is 13.8. The van der Waals surface area contributed by atoms with Crippen molar-refractivity contribution in [2.24, 2.45) is 4.99 Å². The molecule has 1 heterocycles. The van der Waals surface area contributed by atoms with Gasteiger partial charge < -0.3 is 10.2 Å². The van der Waals surface area contributed by atoms with Crippen molar-refractivity contribution in [3.8, 4) is 0 Å². The Bertz CT molecular complexity index is 586. The Morgan fingerprint density at radius 1 is 1.50 bits per heavy atom. The minimum absolute atomic E-state index is 0.0938. The number of nitro benzene ring substituents is 1. The maximum Gasteiger partial charge on any atom is 0.293 e. The van der Waals surface area contributed by atoms with Gasteiger partial charge in [0.1, 0.15) is 5.69 Å². The molecule has 8 heteroatoms. The first-order valence-electron chi connectivity index (χ1n) is 5.93. The zero-order valence-corrected chi connectivity index (χ0v) is 11.9. The molecule has 0 aromatic heterocycles. The number of rotatable bonds is 3. The Morgan fingerprint density at radius 2 is 2.25 bits per heavy atom. The van der Waals surface area contributed by atoms with E-state index in [2.05, 4.69) is 10.3 Å². The molecule has 0 fully saturated rings. The summed E-state index contributed by atoms with van der Waals surface area (Å²) < 4.78 is 0. The Hall–Kier alpha value is -2.09. The number of hydrogen-bond acceptors (Lipinski definition) is 6. The second kappa shape index (κ2) is 5.91. The first kappa shape index (κ1) is 14.3. The molecule has 1 aromatic rings. The van der Waals surface area contributed by atoms with E-state index in [0.29, 0.717) is 17.4 Å². The van der Waals surface area contributed by atoms with Crippen LogP contribution in [0.1, 0.15) is 10.4 Å². The number of hydrogen-bond donors (Lipinski definition) is 1. The Kier molecular flexibility index (Phi) is 4.23. The number of nitrogens with zero attached hydrogens (tertiary/aromatic N) is 3. The topological polar surface area (TPSA) is 87.8 Å². The van der Waals surface area contributed by atoms with Gasteiger partial charge in [-0.3, -0.25) is 19.9 Å². The van der Waals surface area contributed by atoms with Crippen molar-refractivity contribution < 1.29 is 9.72 Å². The van der Waals surface area contributed by atoms with Gasteiger partial charge in [-0.05, 0) is 12.1 Å². The number of amides is 1. The maximum absolute atomic E-state index is 12.0. The molecule has 1 aliphatic rings. The molecule has 7 nitrogen and oxygen atoms in total. The maximum atomic E-state index is 12.0. The number of nitrogens with one attached hydrogen (secondary N) is 1. The third-order valence-corrected chi connectivity index (χ3v) is 3.61. The van der Waals surface area contributed by atoms with E-state index in [9.17, 15) is 14.9 Å². The predicted octanol–water partition coefficient (Wildman–Crippen LogP) is 1.49. The molecule has 0 saturated carbocycles. The minimum atomic E-state index is -0.492. The molecule has 1 amide bonds. The lowest BCUT2D eigenvalue weighted by molar-refractivity contribution is -0.384. The van der Waals surface area contributed by atoms with Crippen LogP contribution in [0.25, 0.3) is 0 Å². The highest BCUT2D eigenvalue weighted by Crippen LogP contribution is 2.27. The van der Waals surface area contributed by atoms with Gasteiger partial charge in [-0.25, -0.2) is 0 Å². The lowest BCUT2D eigenvalue weighted by atomic mass is 10.1.